The minimum atomic E-state index is -0.739. The standard InChI is InChI=1S/C27H32N2O4/c1-4-28-11-8-9-20-15-22-16-23(27(32)33-25(22)17-24(20)28)21-13-18(2)29(19(3)14-21)12-7-5-6-10-26(30)31/h13-17H,4-12H2,1-3H3/p+1. The Labute approximate surface area is 194 Å². The number of aromatic nitrogens is 1. The van der Waals surface area contributed by atoms with E-state index in [1.54, 1.807) is 0 Å². The maximum atomic E-state index is 12.9. The van der Waals surface area contributed by atoms with Crippen LogP contribution < -0.4 is 15.1 Å². The van der Waals surface area contributed by atoms with Crippen molar-refractivity contribution in [3.8, 4) is 11.1 Å². The summed E-state index contributed by atoms with van der Waals surface area (Å²) in [5.74, 6) is -0.739. The third-order valence-corrected chi connectivity index (χ3v) is 6.69. The quantitative estimate of drug-likeness (QED) is 0.304. The Hall–Kier alpha value is -3.15. The highest BCUT2D eigenvalue weighted by molar-refractivity contribution is 5.86. The van der Waals surface area contributed by atoms with Gasteiger partial charge in [-0.25, -0.2) is 9.36 Å². The van der Waals surface area contributed by atoms with Crippen LogP contribution in [-0.4, -0.2) is 24.2 Å². The summed E-state index contributed by atoms with van der Waals surface area (Å²) >= 11 is 0. The van der Waals surface area contributed by atoms with Crippen LogP contribution in [0.4, 0.5) is 5.69 Å². The fourth-order valence-electron chi connectivity index (χ4n) is 4.97. The second kappa shape index (κ2) is 9.77. The number of aryl methyl sites for hydroxylation is 3. The number of nitrogens with zero attached hydrogens (tertiary/aromatic N) is 2. The van der Waals surface area contributed by atoms with Crippen molar-refractivity contribution < 1.29 is 18.9 Å². The average Bonchev–Trinajstić information content (AvgIpc) is 2.78. The first-order valence-corrected chi connectivity index (χ1v) is 12.0. The first-order chi connectivity index (χ1) is 15.9. The molecule has 1 N–H and O–H groups in total. The van der Waals surface area contributed by atoms with Gasteiger partial charge in [-0.15, -0.1) is 0 Å². The van der Waals surface area contributed by atoms with Crippen molar-refractivity contribution in [2.45, 2.75) is 65.8 Å². The van der Waals surface area contributed by atoms with Crippen LogP contribution >= 0.6 is 0 Å². The number of carboxylic acid groups (broad SMARTS) is 1. The van der Waals surface area contributed by atoms with Gasteiger partial charge in [0.1, 0.15) is 12.1 Å². The number of hydrogen-bond donors (Lipinski definition) is 1. The Balaban J connectivity index is 1.62. The number of rotatable bonds is 8. The van der Waals surface area contributed by atoms with Gasteiger partial charge in [-0.05, 0) is 50.3 Å². The Kier molecular flexibility index (Phi) is 6.82. The lowest BCUT2D eigenvalue weighted by atomic mass is 9.98. The van der Waals surface area contributed by atoms with Crippen molar-refractivity contribution in [2.75, 3.05) is 18.0 Å². The lowest BCUT2D eigenvalue weighted by molar-refractivity contribution is -0.708. The van der Waals surface area contributed by atoms with Crippen LogP contribution in [0.3, 0.4) is 0 Å². The number of fused-ring (bicyclic) bond motifs is 2. The van der Waals surface area contributed by atoms with Crippen molar-refractivity contribution in [1.82, 2.24) is 0 Å². The molecular formula is C27H33N2O4+. The van der Waals surface area contributed by atoms with Crippen LogP contribution in [0.5, 0.6) is 0 Å². The maximum Gasteiger partial charge on any atom is 0.344 e. The summed E-state index contributed by atoms with van der Waals surface area (Å²) in [6.45, 7) is 9.07. The third-order valence-electron chi connectivity index (χ3n) is 6.69. The number of aliphatic carboxylic acids is 1. The molecule has 1 aliphatic heterocycles. The summed E-state index contributed by atoms with van der Waals surface area (Å²) in [5.41, 5.74) is 6.44. The van der Waals surface area contributed by atoms with Gasteiger partial charge in [-0.3, -0.25) is 4.79 Å². The van der Waals surface area contributed by atoms with Crippen molar-refractivity contribution in [2.24, 2.45) is 0 Å². The van der Waals surface area contributed by atoms with Crippen LogP contribution in [0.1, 0.15) is 56.0 Å². The van der Waals surface area contributed by atoms with Gasteiger partial charge in [0.15, 0.2) is 11.4 Å². The fraction of sp³-hybridized carbons (Fsp3) is 0.444. The molecule has 0 amide bonds. The molecule has 174 valence electrons. The number of unbranched alkanes of at least 4 members (excludes halogenated alkanes) is 2. The smallest absolute Gasteiger partial charge is 0.344 e. The molecule has 0 saturated heterocycles. The van der Waals surface area contributed by atoms with E-state index in [0.29, 0.717) is 17.6 Å². The normalized spacial score (nSPS) is 13.4. The Morgan fingerprint density at radius 1 is 1.09 bits per heavy atom. The lowest BCUT2D eigenvalue weighted by Crippen LogP contribution is -2.40. The summed E-state index contributed by atoms with van der Waals surface area (Å²) in [5, 5.41) is 9.75. The average molecular weight is 450 g/mol. The molecule has 1 aromatic carbocycles. The minimum Gasteiger partial charge on any atom is -0.481 e. The summed E-state index contributed by atoms with van der Waals surface area (Å²) in [4.78, 5) is 25.9. The number of benzene rings is 1. The van der Waals surface area contributed by atoms with Gasteiger partial charge in [-0.2, -0.15) is 0 Å². The topological polar surface area (TPSA) is 74.6 Å². The van der Waals surface area contributed by atoms with E-state index in [1.165, 1.54) is 11.3 Å². The molecule has 6 heteroatoms. The molecule has 0 spiro atoms. The van der Waals surface area contributed by atoms with Crippen molar-refractivity contribution in [1.29, 1.82) is 0 Å². The first kappa shape index (κ1) is 23.0. The SMILES string of the molecule is CCN1CCCc2cc3cc(-c4cc(C)[n+](CCCCCC(=O)O)c(C)c4)c(=O)oc3cc21. The molecule has 3 aromatic rings. The monoisotopic (exact) mass is 449 g/mol. The number of pyridine rings is 1. The molecule has 0 fully saturated rings. The van der Waals surface area contributed by atoms with E-state index in [9.17, 15) is 9.59 Å². The Morgan fingerprint density at radius 3 is 2.55 bits per heavy atom. The van der Waals surface area contributed by atoms with E-state index in [4.69, 9.17) is 9.52 Å². The van der Waals surface area contributed by atoms with Gasteiger partial charge in [0.2, 0.25) is 0 Å². The maximum absolute atomic E-state index is 12.9. The van der Waals surface area contributed by atoms with Crippen LogP contribution in [-0.2, 0) is 17.8 Å². The van der Waals surface area contributed by atoms with Crippen molar-refractivity contribution in [3.05, 3.63) is 57.7 Å². The zero-order valence-corrected chi connectivity index (χ0v) is 19.8. The summed E-state index contributed by atoms with van der Waals surface area (Å²) in [6.07, 6.45) is 4.92. The molecule has 4 rings (SSSR count). The molecule has 0 unspecified atom stereocenters. The fourth-order valence-corrected chi connectivity index (χ4v) is 4.97. The van der Waals surface area contributed by atoms with Gasteiger partial charge in [-0.1, -0.05) is 0 Å². The predicted octanol–water partition coefficient (Wildman–Crippen LogP) is 4.78. The number of anilines is 1. The van der Waals surface area contributed by atoms with E-state index in [1.807, 2.05) is 38.1 Å². The second-order valence-corrected chi connectivity index (χ2v) is 9.03. The number of carboxylic acids is 1. The van der Waals surface area contributed by atoms with Crippen LogP contribution in [0.25, 0.3) is 22.1 Å². The highest BCUT2D eigenvalue weighted by Crippen LogP contribution is 2.32. The van der Waals surface area contributed by atoms with Crippen LogP contribution in [0.15, 0.2) is 39.5 Å². The minimum absolute atomic E-state index is 0.221. The zero-order chi connectivity index (χ0) is 23.5. The summed E-state index contributed by atoms with van der Waals surface area (Å²) in [7, 11) is 0. The second-order valence-electron chi connectivity index (χ2n) is 9.03. The van der Waals surface area contributed by atoms with Crippen LogP contribution in [0.2, 0.25) is 0 Å². The highest BCUT2D eigenvalue weighted by Gasteiger charge is 2.20. The molecule has 0 aliphatic carbocycles. The molecule has 6 nitrogen and oxygen atoms in total. The van der Waals surface area contributed by atoms with E-state index in [2.05, 4.69) is 22.5 Å². The molecular weight excluding hydrogens is 416 g/mol. The summed E-state index contributed by atoms with van der Waals surface area (Å²) in [6, 6.07) is 10.3. The van der Waals surface area contributed by atoms with E-state index < -0.39 is 5.97 Å². The molecule has 2 aromatic heterocycles. The van der Waals surface area contributed by atoms with Gasteiger partial charge < -0.3 is 14.4 Å². The van der Waals surface area contributed by atoms with Crippen molar-refractivity contribution in [3.63, 3.8) is 0 Å². The molecule has 0 atom stereocenters. The molecule has 0 bridgehead atoms. The summed E-state index contributed by atoms with van der Waals surface area (Å²) < 4.78 is 8.02. The predicted molar refractivity (Wildman–Crippen MR) is 130 cm³/mol. The molecule has 3 heterocycles. The Morgan fingerprint density at radius 2 is 1.85 bits per heavy atom. The van der Waals surface area contributed by atoms with Gasteiger partial charge in [0.25, 0.3) is 0 Å². The molecule has 0 saturated carbocycles. The molecule has 1 aliphatic rings. The Bertz CT molecular complexity index is 1220. The number of carbonyl (C=O) groups is 1. The van der Waals surface area contributed by atoms with E-state index in [0.717, 1.165) is 67.7 Å². The van der Waals surface area contributed by atoms with Crippen LogP contribution in [0, 0.1) is 13.8 Å². The molecule has 33 heavy (non-hydrogen) atoms. The third kappa shape index (κ3) is 4.95. The zero-order valence-electron chi connectivity index (χ0n) is 19.8. The van der Waals surface area contributed by atoms with Gasteiger partial charge in [0, 0.05) is 74.6 Å². The number of hydrogen-bond acceptors (Lipinski definition) is 4. The van der Waals surface area contributed by atoms with Crippen molar-refractivity contribution >= 4 is 22.6 Å². The molecule has 0 radical (unpaired) electrons. The largest absolute Gasteiger partial charge is 0.481 e. The van der Waals surface area contributed by atoms with Gasteiger partial charge in [0.05, 0.1) is 5.56 Å². The first-order valence-electron chi connectivity index (χ1n) is 12.0. The highest BCUT2D eigenvalue weighted by atomic mass is 16.4. The van der Waals surface area contributed by atoms with Gasteiger partial charge >= 0.3 is 11.6 Å². The van der Waals surface area contributed by atoms with E-state index >= 15 is 0 Å². The lowest BCUT2D eigenvalue weighted by Gasteiger charge is -2.30. The van der Waals surface area contributed by atoms with E-state index in [-0.39, 0.29) is 12.0 Å².